The highest BCUT2D eigenvalue weighted by molar-refractivity contribution is 7.86. The minimum absolute atomic E-state index is 0.226. The molecule has 0 aromatic heterocycles. The first-order valence-electron chi connectivity index (χ1n) is 6.25. The van der Waals surface area contributed by atoms with E-state index in [4.69, 9.17) is 8.92 Å². The van der Waals surface area contributed by atoms with E-state index in [9.17, 15) is 12.8 Å². The highest BCUT2D eigenvalue weighted by atomic mass is 32.2. The van der Waals surface area contributed by atoms with E-state index in [0.717, 1.165) is 11.8 Å². The number of halogens is 1. The molecule has 0 aliphatic heterocycles. The summed E-state index contributed by atoms with van der Waals surface area (Å²) in [7, 11) is -3.57. The second-order valence-electron chi connectivity index (χ2n) is 4.57. The molecule has 2 rings (SSSR count). The summed E-state index contributed by atoms with van der Waals surface area (Å²) in [5, 5.41) is 0. The van der Waals surface area contributed by atoms with E-state index >= 15 is 0 Å². The third kappa shape index (κ3) is 4.75. The van der Waals surface area contributed by atoms with Crippen molar-refractivity contribution >= 4 is 10.1 Å². The number of ether oxygens (including phenoxy) is 1. The van der Waals surface area contributed by atoms with E-state index in [2.05, 4.69) is 0 Å². The van der Waals surface area contributed by atoms with Gasteiger partial charge in [0.05, 0.1) is 6.26 Å². The predicted molar refractivity (Wildman–Crippen MR) is 77.4 cm³/mol. The van der Waals surface area contributed by atoms with Gasteiger partial charge in [-0.2, -0.15) is 8.42 Å². The largest absolute Gasteiger partial charge is 0.486 e. The van der Waals surface area contributed by atoms with Gasteiger partial charge < -0.3 is 8.92 Å². The Morgan fingerprint density at radius 3 is 2.33 bits per heavy atom. The van der Waals surface area contributed by atoms with Gasteiger partial charge in [-0.25, -0.2) is 4.39 Å². The lowest BCUT2D eigenvalue weighted by Crippen LogP contribution is -2.07. The number of hydrogen-bond acceptors (Lipinski definition) is 4. The van der Waals surface area contributed by atoms with Gasteiger partial charge in [0.1, 0.15) is 23.4 Å². The van der Waals surface area contributed by atoms with Crippen molar-refractivity contribution < 1.29 is 21.7 Å². The smallest absolute Gasteiger partial charge is 0.306 e. The Labute approximate surface area is 123 Å². The predicted octanol–water partition coefficient (Wildman–Crippen LogP) is 3.30. The summed E-state index contributed by atoms with van der Waals surface area (Å²) in [5.74, 6) is 0.418. The van der Waals surface area contributed by atoms with Crippen LogP contribution in [0, 0.1) is 5.82 Å². The first-order valence-corrected chi connectivity index (χ1v) is 8.07. The molecule has 21 heavy (non-hydrogen) atoms. The summed E-state index contributed by atoms with van der Waals surface area (Å²) in [6, 6.07) is 12.3. The van der Waals surface area contributed by atoms with Crippen molar-refractivity contribution in [3.63, 3.8) is 0 Å². The van der Waals surface area contributed by atoms with Crippen molar-refractivity contribution in [2.75, 3.05) is 6.26 Å². The molecule has 0 fully saturated rings. The Morgan fingerprint density at radius 2 is 1.71 bits per heavy atom. The fraction of sp³-hybridized carbons (Fsp3) is 0.200. The molecule has 0 saturated heterocycles. The third-order valence-electron chi connectivity index (χ3n) is 2.70. The quantitative estimate of drug-likeness (QED) is 0.795. The van der Waals surface area contributed by atoms with Crippen LogP contribution >= 0.6 is 0 Å². The summed E-state index contributed by atoms with van der Waals surface area (Å²) in [4.78, 5) is 0. The van der Waals surface area contributed by atoms with Crippen molar-refractivity contribution in [3.05, 3.63) is 59.9 Å². The Morgan fingerprint density at radius 1 is 1.05 bits per heavy atom. The maximum atomic E-state index is 12.8. The maximum absolute atomic E-state index is 12.8. The lowest BCUT2D eigenvalue weighted by molar-refractivity contribution is 0.226. The minimum Gasteiger partial charge on any atom is -0.486 e. The summed E-state index contributed by atoms with van der Waals surface area (Å²) < 4.78 is 45.6. The molecule has 0 bridgehead atoms. The molecule has 0 spiro atoms. The highest BCUT2D eigenvalue weighted by Crippen LogP contribution is 2.25. The molecule has 6 heteroatoms. The van der Waals surface area contributed by atoms with E-state index in [1.807, 2.05) is 6.92 Å². The normalized spacial score (nSPS) is 12.7. The molecule has 0 radical (unpaired) electrons. The summed E-state index contributed by atoms with van der Waals surface area (Å²) in [5.41, 5.74) is 0.750. The van der Waals surface area contributed by atoms with E-state index in [1.165, 1.54) is 24.3 Å². The fourth-order valence-corrected chi connectivity index (χ4v) is 2.23. The summed E-state index contributed by atoms with van der Waals surface area (Å²) >= 11 is 0. The van der Waals surface area contributed by atoms with Crippen LogP contribution in [0.1, 0.15) is 18.6 Å². The third-order valence-corrected chi connectivity index (χ3v) is 3.20. The van der Waals surface area contributed by atoms with Crippen LogP contribution in [-0.4, -0.2) is 14.7 Å². The molecule has 0 heterocycles. The maximum Gasteiger partial charge on any atom is 0.306 e. The first-order chi connectivity index (χ1) is 9.83. The molecule has 0 N–H and O–H groups in total. The molecule has 0 aliphatic rings. The van der Waals surface area contributed by atoms with Gasteiger partial charge in [0.25, 0.3) is 0 Å². The van der Waals surface area contributed by atoms with E-state index in [0.29, 0.717) is 5.75 Å². The van der Waals surface area contributed by atoms with Gasteiger partial charge in [-0.05, 0) is 48.9 Å². The van der Waals surface area contributed by atoms with Crippen LogP contribution in [0.25, 0.3) is 0 Å². The van der Waals surface area contributed by atoms with Gasteiger partial charge in [-0.15, -0.1) is 0 Å². The van der Waals surface area contributed by atoms with E-state index < -0.39 is 10.1 Å². The van der Waals surface area contributed by atoms with Gasteiger partial charge in [-0.3, -0.25) is 0 Å². The summed E-state index contributed by atoms with van der Waals surface area (Å²) in [6.07, 6.45) is 0.650. The molecule has 0 aliphatic carbocycles. The molecule has 2 aromatic rings. The molecule has 1 atom stereocenters. The zero-order chi connectivity index (χ0) is 15.5. The molecule has 112 valence electrons. The van der Waals surface area contributed by atoms with Gasteiger partial charge >= 0.3 is 10.1 Å². The Balaban J connectivity index is 2.13. The molecule has 4 nitrogen and oxygen atoms in total. The monoisotopic (exact) mass is 310 g/mol. The van der Waals surface area contributed by atoms with Gasteiger partial charge in [0, 0.05) is 0 Å². The van der Waals surface area contributed by atoms with E-state index in [-0.39, 0.29) is 17.7 Å². The second-order valence-corrected chi connectivity index (χ2v) is 6.15. The van der Waals surface area contributed by atoms with Crippen LogP contribution in [0.15, 0.2) is 48.5 Å². The number of benzene rings is 2. The second kappa shape index (κ2) is 6.13. The van der Waals surface area contributed by atoms with Crippen molar-refractivity contribution in [3.8, 4) is 11.5 Å². The molecular weight excluding hydrogens is 295 g/mol. The first kappa shape index (κ1) is 15.3. The van der Waals surface area contributed by atoms with Crippen molar-refractivity contribution in [2.24, 2.45) is 0 Å². The lowest BCUT2D eigenvalue weighted by Gasteiger charge is -2.15. The van der Waals surface area contributed by atoms with Gasteiger partial charge in [0.2, 0.25) is 0 Å². The molecule has 0 amide bonds. The lowest BCUT2D eigenvalue weighted by atomic mass is 10.1. The van der Waals surface area contributed by atoms with Gasteiger partial charge in [-0.1, -0.05) is 12.1 Å². The Hall–Kier alpha value is -2.08. The van der Waals surface area contributed by atoms with Crippen LogP contribution in [0.3, 0.4) is 0 Å². The van der Waals surface area contributed by atoms with Gasteiger partial charge in [0.15, 0.2) is 0 Å². The van der Waals surface area contributed by atoms with Crippen molar-refractivity contribution in [2.45, 2.75) is 13.0 Å². The van der Waals surface area contributed by atoms with Crippen LogP contribution in [0.2, 0.25) is 0 Å². The molecular formula is C15H15FO4S. The van der Waals surface area contributed by atoms with Crippen LogP contribution < -0.4 is 8.92 Å². The fourth-order valence-electron chi connectivity index (χ4n) is 1.78. The zero-order valence-corrected chi connectivity index (χ0v) is 12.4. The number of rotatable bonds is 5. The molecule has 2 aromatic carbocycles. The Bertz CT molecular complexity index is 711. The zero-order valence-electron chi connectivity index (χ0n) is 11.6. The van der Waals surface area contributed by atoms with Crippen LogP contribution in [0.4, 0.5) is 4.39 Å². The van der Waals surface area contributed by atoms with Crippen LogP contribution in [0.5, 0.6) is 11.5 Å². The Kier molecular flexibility index (Phi) is 4.47. The molecule has 0 saturated carbocycles. The average Bonchev–Trinajstić information content (AvgIpc) is 2.40. The van der Waals surface area contributed by atoms with Crippen LogP contribution in [-0.2, 0) is 10.1 Å². The number of hydrogen-bond donors (Lipinski definition) is 0. The average molecular weight is 310 g/mol. The van der Waals surface area contributed by atoms with E-state index in [1.54, 1.807) is 24.3 Å². The topological polar surface area (TPSA) is 52.6 Å². The SMILES string of the molecule is CC(Oc1ccc(F)cc1)c1cccc(OS(C)(=O)=O)c1. The summed E-state index contributed by atoms with van der Waals surface area (Å²) in [6.45, 7) is 1.81. The standard InChI is InChI=1S/C15H15FO4S/c1-11(19-14-8-6-13(16)7-9-14)12-4-3-5-15(10-12)20-21(2,17)18/h3-11H,1-2H3. The van der Waals surface area contributed by atoms with Crippen molar-refractivity contribution in [1.29, 1.82) is 0 Å². The molecule has 1 unspecified atom stereocenters. The highest BCUT2D eigenvalue weighted by Gasteiger charge is 2.10. The van der Waals surface area contributed by atoms with Crippen molar-refractivity contribution in [1.82, 2.24) is 0 Å². The minimum atomic E-state index is -3.57.